The van der Waals surface area contributed by atoms with Crippen LogP contribution in [-0.4, -0.2) is 39.9 Å². The summed E-state index contributed by atoms with van der Waals surface area (Å²) >= 11 is 0. The van der Waals surface area contributed by atoms with Crippen LogP contribution in [0.4, 0.5) is 0 Å². The van der Waals surface area contributed by atoms with Crippen LogP contribution in [0.1, 0.15) is 10.4 Å². The van der Waals surface area contributed by atoms with Crippen LogP contribution in [0.3, 0.4) is 0 Å². The number of methoxy groups -OCH3 is 1. The molecule has 0 saturated heterocycles. The second-order valence-electron chi connectivity index (χ2n) is 4.94. The number of benzene rings is 2. The maximum Gasteiger partial charge on any atom is 0.337 e. The van der Waals surface area contributed by atoms with Gasteiger partial charge in [0.1, 0.15) is 12.4 Å². The summed E-state index contributed by atoms with van der Waals surface area (Å²) in [6.07, 6.45) is 0. The molecule has 0 spiro atoms. The number of hydrogen-bond donors (Lipinski definition) is 0. The zero-order chi connectivity index (χ0) is 16.8. The summed E-state index contributed by atoms with van der Waals surface area (Å²) < 4.78 is 10.3. The van der Waals surface area contributed by atoms with E-state index in [1.165, 1.54) is 11.9 Å². The SMILES string of the molecule is COC(=O)c1cccc(OCCn2nnc(-c3ccccc3)n2)c1. The molecule has 3 aromatic rings. The molecule has 0 aliphatic carbocycles. The highest BCUT2D eigenvalue weighted by Gasteiger charge is 2.07. The number of rotatable bonds is 6. The number of aromatic nitrogens is 4. The molecule has 0 fully saturated rings. The number of hydrogen-bond acceptors (Lipinski definition) is 6. The summed E-state index contributed by atoms with van der Waals surface area (Å²) in [5, 5.41) is 12.3. The van der Waals surface area contributed by atoms with Gasteiger partial charge in [0, 0.05) is 5.56 Å². The minimum absolute atomic E-state index is 0.356. The van der Waals surface area contributed by atoms with Gasteiger partial charge in [0.15, 0.2) is 0 Å². The Labute approximate surface area is 138 Å². The summed E-state index contributed by atoms with van der Waals surface area (Å²) in [6.45, 7) is 0.803. The molecule has 7 heteroatoms. The Morgan fingerprint density at radius 1 is 1.12 bits per heavy atom. The molecule has 0 unspecified atom stereocenters. The van der Waals surface area contributed by atoms with E-state index >= 15 is 0 Å². The minimum atomic E-state index is -0.397. The van der Waals surface area contributed by atoms with Crippen molar-refractivity contribution in [3.8, 4) is 17.1 Å². The Bertz CT molecular complexity index is 817. The van der Waals surface area contributed by atoms with Gasteiger partial charge in [-0.05, 0) is 23.4 Å². The molecule has 122 valence electrons. The first-order valence-corrected chi connectivity index (χ1v) is 7.40. The highest BCUT2D eigenvalue weighted by atomic mass is 16.5. The normalized spacial score (nSPS) is 10.4. The molecule has 7 nitrogen and oxygen atoms in total. The number of nitrogens with zero attached hydrogens (tertiary/aromatic N) is 4. The first-order valence-electron chi connectivity index (χ1n) is 7.40. The Morgan fingerprint density at radius 2 is 1.96 bits per heavy atom. The van der Waals surface area contributed by atoms with Crippen molar-refractivity contribution in [2.75, 3.05) is 13.7 Å². The van der Waals surface area contributed by atoms with E-state index in [2.05, 4.69) is 20.1 Å². The highest BCUT2D eigenvalue weighted by molar-refractivity contribution is 5.89. The number of tetrazole rings is 1. The van der Waals surface area contributed by atoms with Gasteiger partial charge < -0.3 is 9.47 Å². The van der Waals surface area contributed by atoms with E-state index < -0.39 is 5.97 Å². The third-order valence-corrected chi connectivity index (χ3v) is 3.30. The lowest BCUT2D eigenvalue weighted by molar-refractivity contribution is 0.0600. The van der Waals surface area contributed by atoms with Gasteiger partial charge in [-0.3, -0.25) is 0 Å². The predicted octanol–water partition coefficient (Wildman–Crippen LogP) is 2.21. The summed E-state index contributed by atoms with van der Waals surface area (Å²) in [4.78, 5) is 13.0. The van der Waals surface area contributed by atoms with Gasteiger partial charge in [-0.15, -0.1) is 10.2 Å². The number of carbonyl (C=O) groups excluding carboxylic acids is 1. The van der Waals surface area contributed by atoms with Gasteiger partial charge in [0.05, 0.1) is 19.2 Å². The van der Waals surface area contributed by atoms with Gasteiger partial charge in [0.2, 0.25) is 5.82 Å². The van der Waals surface area contributed by atoms with Crippen molar-refractivity contribution in [2.24, 2.45) is 0 Å². The van der Waals surface area contributed by atoms with Crippen molar-refractivity contribution in [3.63, 3.8) is 0 Å². The molecule has 2 aromatic carbocycles. The molecule has 0 bridgehead atoms. The summed E-state index contributed by atoms with van der Waals surface area (Å²) in [5.74, 6) is 0.760. The van der Waals surface area contributed by atoms with E-state index in [9.17, 15) is 4.79 Å². The van der Waals surface area contributed by atoms with Crippen molar-refractivity contribution >= 4 is 5.97 Å². The molecule has 0 atom stereocenters. The van der Waals surface area contributed by atoms with Crippen molar-refractivity contribution in [1.29, 1.82) is 0 Å². The average molecular weight is 324 g/mol. The third-order valence-electron chi connectivity index (χ3n) is 3.30. The minimum Gasteiger partial charge on any atom is -0.492 e. The van der Waals surface area contributed by atoms with Crippen LogP contribution >= 0.6 is 0 Å². The average Bonchev–Trinajstić information content (AvgIpc) is 3.11. The van der Waals surface area contributed by atoms with E-state index in [-0.39, 0.29) is 0 Å². The van der Waals surface area contributed by atoms with Crippen LogP contribution in [-0.2, 0) is 11.3 Å². The first kappa shape index (κ1) is 15.7. The van der Waals surface area contributed by atoms with Crippen molar-refractivity contribution < 1.29 is 14.3 Å². The second-order valence-corrected chi connectivity index (χ2v) is 4.94. The smallest absolute Gasteiger partial charge is 0.337 e. The topological polar surface area (TPSA) is 79.1 Å². The summed E-state index contributed by atoms with van der Waals surface area (Å²) in [6, 6.07) is 16.5. The maximum absolute atomic E-state index is 11.5. The Balaban J connectivity index is 1.57. The Kier molecular flexibility index (Phi) is 4.81. The number of esters is 1. The standard InChI is InChI=1S/C17H16N4O3/c1-23-17(22)14-8-5-9-15(12-14)24-11-10-21-19-16(18-20-21)13-6-3-2-4-7-13/h2-9,12H,10-11H2,1H3. The lowest BCUT2D eigenvalue weighted by Gasteiger charge is -2.06. The van der Waals surface area contributed by atoms with E-state index in [1.54, 1.807) is 24.3 Å². The molecule has 0 aliphatic heterocycles. The van der Waals surface area contributed by atoms with Crippen LogP contribution in [0.25, 0.3) is 11.4 Å². The van der Waals surface area contributed by atoms with Crippen LogP contribution in [0.15, 0.2) is 54.6 Å². The fourth-order valence-electron chi connectivity index (χ4n) is 2.12. The van der Waals surface area contributed by atoms with E-state index in [0.29, 0.717) is 30.3 Å². The van der Waals surface area contributed by atoms with Crippen LogP contribution in [0, 0.1) is 0 Å². The Hall–Kier alpha value is -3.22. The van der Waals surface area contributed by atoms with Crippen LogP contribution in [0.2, 0.25) is 0 Å². The maximum atomic E-state index is 11.5. The van der Waals surface area contributed by atoms with Crippen molar-refractivity contribution in [2.45, 2.75) is 6.54 Å². The summed E-state index contributed by atoms with van der Waals surface area (Å²) in [5.41, 5.74) is 1.36. The highest BCUT2D eigenvalue weighted by Crippen LogP contribution is 2.14. The molecule has 1 aromatic heterocycles. The summed E-state index contributed by atoms with van der Waals surface area (Å²) in [7, 11) is 1.34. The molecule has 0 radical (unpaired) electrons. The largest absolute Gasteiger partial charge is 0.492 e. The van der Waals surface area contributed by atoms with Gasteiger partial charge in [-0.2, -0.15) is 4.80 Å². The predicted molar refractivity (Wildman–Crippen MR) is 86.5 cm³/mol. The fourth-order valence-corrected chi connectivity index (χ4v) is 2.12. The van der Waals surface area contributed by atoms with Gasteiger partial charge >= 0.3 is 5.97 Å². The van der Waals surface area contributed by atoms with Gasteiger partial charge in [-0.1, -0.05) is 36.4 Å². The van der Waals surface area contributed by atoms with Crippen LogP contribution < -0.4 is 4.74 Å². The molecule has 0 N–H and O–H groups in total. The van der Waals surface area contributed by atoms with Crippen molar-refractivity contribution in [3.05, 3.63) is 60.2 Å². The quantitative estimate of drug-likeness (QED) is 0.647. The lowest BCUT2D eigenvalue weighted by atomic mass is 10.2. The lowest BCUT2D eigenvalue weighted by Crippen LogP contribution is -2.11. The monoisotopic (exact) mass is 324 g/mol. The molecular weight excluding hydrogens is 308 g/mol. The van der Waals surface area contributed by atoms with Crippen molar-refractivity contribution in [1.82, 2.24) is 20.2 Å². The molecule has 3 rings (SSSR count). The second kappa shape index (κ2) is 7.36. The van der Waals surface area contributed by atoms with E-state index in [0.717, 1.165) is 5.56 Å². The number of carbonyl (C=O) groups is 1. The molecule has 1 heterocycles. The molecular formula is C17H16N4O3. The number of ether oxygens (including phenoxy) is 2. The zero-order valence-corrected chi connectivity index (χ0v) is 13.1. The first-order chi connectivity index (χ1) is 11.8. The van der Waals surface area contributed by atoms with E-state index in [1.807, 2.05) is 30.3 Å². The zero-order valence-electron chi connectivity index (χ0n) is 13.1. The molecule has 0 saturated carbocycles. The third kappa shape index (κ3) is 3.75. The van der Waals surface area contributed by atoms with E-state index in [4.69, 9.17) is 4.74 Å². The van der Waals surface area contributed by atoms with Gasteiger partial charge in [0.25, 0.3) is 0 Å². The Morgan fingerprint density at radius 3 is 2.75 bits per heavy atom. The molecule has 0 amide bonds. The fraction of sp³-hybridized carbons (Fsp3) is 0.176. The van der Waals surface area contributed by atoms with Gasteiger partial charge in [-0.25, -0.2) is 4.79 Å². The molecule has 24 heavy (non-hydrogen) atoms. The van der Waals surface area contributed by atoms with Crippen LogP contribution in [0.5, 0.6) is 5.75 Å². The molecule has 0 aliphatic rings.